The fourth-order valence-corrected chi connectivity index (χ4v) is 2.31. The van der Waals surface area contributed by atoms with E-state index in [1.807, 2.05) is 6.92 Å². The number of ether oxygens (including phenoxy) is 1. The van der Waals surface area contributed by atoms with Crippen molar-refractivity contribution in [2.24, 2.45) is 0 Å². The molecule has 0 aliphatic heterocycles. The van der Waals surface area contributed by atoms with E-state index < -0.39 is 12.0 Å². The Morgan fingerprint density at radius 3 is 2.52 bits per heavy atom. The standard InChI is InChI=1S/C18H18Cl2N2O3/c1-2-3-10-25-17(23)13-6-4-5-7-16(13)22-18(24)21-12-8-9-14(19)15(20)11-12/h4-9,11H,2-3,10H2,1H3,(H2,21,22,24). The Balaban J connectivity index is 2.05. The number of unbranched alkanes of at least 4 members (excludes halogenated alkanes) is 1. The highest BCUT2D eigenvalue weighted by atomic mass is 35.5. The monoisotopic (exact) mass is 380 g/mol. The summed E-state index contributed by atoms with van der Waals surface area (Å²) in [4.78, 5) is 24.3. The lowest BCUT2D eigenvalue weighted by atomic mass is 10.2. The number of halogens is 2. The molecule has 0 spiro atoms. The van der Waals surface area contributed by atoms with Crippen LogP contribution in [0, 0.1) is 0 Å². The van der Waals surface area contributed by atoms with Gasteiger partial charge >= 0.3 is 12.0 Å². The zero-order valence-corrected chi connectivity index (χ0v) is 15.2. The lowest BCUT2D eigenvalue weighted by molar-refractivity contribution is 0.0501. The fraction of sp³-hybridized carbons (Fsp3) is 0.222. The normalized spacial score (nSPS) is 10.2. The van der Waals surface area contributed by atoms with Crippen molar-refractivity contribution < 1.29 is 14.3 Å². The summed E-state index contributed by atoms with van der Waals surface area (Å²) in [6.07, 6.45) is 1.72. The van der Waals surface area contributed by atoms with Crippen LogP contribution in [0.3, 0.4) is 0 Å². The summed E-state index contributed by atoms with van der Waals surface area (Å²) < 4.78 is 5.20. The van der Waals surface area contributed by atoms with Gasteiger partial charge in [0, 0.05) is 5.69 Å². The number of esters is 1. The number of para-hydroxylation sites is 1. The largest absolute Gasteiger partial charge is 0.462 e. The quantitative estimate of drug-likeness (QED) is 0.506. The Bertz CT molecular complexity index is 766. The Labute approximate surface area is 156 Å². The Kier molecular flexibility index (Phi) is 7.10. The molecule has 0 atom stereocenters. The first kappa shape index (κ1) is 19.1. The number of hydrogen-bond donors (Lipinski definition) is 2. The number of nitrogens with one attached hydrogen (secondary N) is 2. The Morgan fingerprint density at radius 1 is 1.04 bits per heavy atom. The summed E-state index contributed by atoms with van der Waals surface area (Å²) in [6.45, 7) is 2.36. The first-order valence-electron chi connectivity index (χ1n) is 7.80. The molecule has 5 nitrogen and oxygen atoms in total. The summed E-state index contributed by atoms with van der Waals surface area (Å²) in [5.74, 6) is -0.473. The van der Waals surface area contributed by atoms with Gasteiger partial charge in [0.05, 0.1) is 27.9 Å². The number of amides is 2. The zero-order chi connectivity index (χ0) is 18.2. The molecule has 132 valence electrons. The first-order chi connectivity index (χ1) is 12.0. The number of carbonyl (C=O) groups excluding carboxylic acids is 2. The minimum absolute atomic E-state index is 0.294. The van der Waals surface area contributed by atoms with E-state index in [0.29, 0.717) is 33.6 Å². The highest BCUT2D eigenvalue weighted by Gasteiger charge is 2.14. The number of rotatable bonds is 6. The average molecular weight is 381 g/mol. The first-order valence-corrected chi connectivity index (χ1v) is 8.56. The van der Waals surface area contributed by atoms with Gasteiger partial charge in [-0.25, -0.2) is 9.59 Å². The molecular formula is C18H18Cl2N2O3. The summed E-state index contributed by atoms with van der Waals surface area (Å²) in [5, 5.41) is 6.00. The van der Waals surface area contributed by atoms with Crippen LogP contribution in [0.25, 0.3) is 0 Å². The SMILES string of the molecule is CCCCOC(=O)c1ccccc1NC(=O)Nc1ccc(Cl)c(Cl)c1. The molecule has 2 aromatic carbocycles. The summed E-state index contributed by atoms with van der Waals surface area (Å²) in [5.41, 5.74) is 1.14. The molecule has 0 bridgehead atoms. The Hall–Kier alpha value is -2.24. The van der Waals surface area contributed by atoms with Crippen LogP contribution in [0.15, 0.2) is 42.5 Å². The highest BCUT2D eigenvalue weighted by molar-refractivity contribution is 6.42. The Morgan fingerprint density at radius 2 is 1.80 bits per heavy atom. The third kappa shape index (κ3) is 5.66. The van der Waals surface area contributed by atoms with E-state index in [-0.39, 0.29) is 0 Å². The maximum Gasteiger partial charge on any atom is 0.340 e. The molecule has 7 heteroatoms. The fourth-order valence-electron chi connectivity index (χ4n) is 2.02. The van der Waals surface area contributed by atoms with Gasteiger partial charge in [-0.1, -0.05) is 48.7 Å². The van der Waals surface area contributed by atoms with Gasteiger partial charge in [0.2, 0.25) is 0 Å². The molecule has 2 rings (SSSR count). The van der Waals surface area contributed by atoms with Crippen LogP contribution < -0.4 is 10.6 Å². The van der Waals surface area contributed by atoms with Crippen molar-refractivity contribution in [1.82, 2.24) is 0 Å². The minimum atomic E-state index is -0.507. The van der Waals surface area contributed by atoms with Crippen molar-refractivity contribution in [1.29, 1.82) is 0 Å². The topological polar surface area (TPSA) is 67.4 Å². The second kappa shape index (κ2) is 9.30. The number of urea groups is 1. The van der Waals surface area contributed by atoms with Gasteiger partial charge < -0.3 is 15.4 Å². The number of anilines is 2. The van der Waals surface area contributed by atoms with Gasteiger partial charge in [-0.05, 0) is 36.8 Å². The second-order valence-corrected chi connectivity index (χ2v) is 6.06. The summed E-state index contributed by atoms with van der Waals surface area (Å²) in [6, 6.07) is 10.9. The van der Waals surface area contributed by atoms with Crippen LogP contribution in [0.5, 0.6) is 0 Å². The van der Waals surface area contributed by atoms with Crippen molar-refractivity contribution in [3.63, 3.8) is 0 Å². The third-order valence-electron chi connectivity index (χ3n) is 3.30. The van der Waals surface area contributed by atoms with E-state index in [9.17, 15) is 9.59 Å². The molecule has 0 heterocycles. The van der Waals surface area contributed by atoms with Gasteiger partial charge in [0.25, 0.3) is 0 Å². The number of carbonyl (C=O) groups is 2. The van der Waals surface area contributed by atoms with Gasteiger partial charge in [-0.2, -0.15) is 0 Å². The summed E-state index contributed by atoms with van der Waals surface area (Å²) in [7, 11) is 0. The van der Waals surface area contributed by atoms with Crippen LogP contribution in [0.4, 0.5) is 16.2 Å². The lowest BCUT2D eigenvalue weighted by Gasteiger charge is -2.12. The van der Waals surface area contributed by atoms with E-state index >= 15 is 0 Å². The molecule has 2 N–H and O–H groups in total. The molecule has 2 aromatic rings. The van der Waals surface area contributed by atoms with Crippen LogP contribution in [0.2, 0.25) is 10.0 Å². The van der Waals surface area contributed by atoms with Crippen molar-refractivity contribution in [2.45, 2.75) is 19.8 Å². The highest BCUT2D eigenvalue weighted by Crippen LogP contribution is 2.25. The number of benzene rings is 2. The second-order valence-electron chi connectivity index (χ2n) is 5.24. The molecule has 2 amide bonds. The van der Waals surface area contributed by atoms with Crippen LogP contribution >= 0.6 is 23.2 Å². The minimum Gasteiger partial charge on any atom is -0.462 e. The molecule has 0 aromatic heterocycles. The third-order valence-corrected chi connectivity index (χ3v) is 4.04. The molecule has 0 aliphatic carbocycles. The predicted octanol–water partition coefficient (Wildman–Crippen LogP) is 5.59. The maximum absolute atomic E-state index is 12.2. The predicted molar refractivity (Wildman–Crippen MR) is 101 cm³/mol. The van der Waals surface area contributed by atoms with Crippen molar-refractivity contribution in [3.05, 3.63) is 58.1 Å². The average Bonchev–Trinajstić information content (AvgIpc) is 2.58. The molecule has 0 saturated carbocycles. The van der Waals surface area contributed by atoms with E-state index in [1.54, 1.807) is 36.4 Å². The van der Waals surface area contributed by atoms with Crippen molar-refractivity contribution in [3.8, 4) is 0 Å². The van der Waals surface area contributed by atoms with E-state index in [1.165, 1.54) is 6.07 Å². The molecule has 0 unspecified atom stereocenters. The molecule has 0 fully saturated rings. The van der Waals surface area contributed by atoms with Gasteiger partial charge in [0.15, 0.2) is 0 Å². The molecule has 25 heavy (non-hydrogen) atoms. The van der Waals surface area contributed by atoms with E-state index in [4.69, 9.17) is 27.9 Å². The van der Waals surface area contributed by atoms with Gasteiger partial charge in [-0.3, -0.25) is 0 Å². The van der Waals surface area contributed by atoms with Crippen molar-refractivity contribution in [2.75, 3.05) is 17.2 Å². The van der Waals surface area contributed by atoms with Crippen LogP contribution in [-0.2, 0) is 4.74 Å². The maximum atomic E-state index is 12.2. The van der Waals surface area contributed by atoms with Gasteiger partial charge in [-0.15, -0.1) is 0 Å². The zero-order valence-electron chi connectivity index (χ0n) is 13.6. The molecular weight excluding hydrogens is 363 g/mol. The molecule has 0 saturated heterocycles. The summed E-state index contributed by atoms with van der Waals surface area (Å²) >= 11 is 11.8. The smallest absolute Gasteiger partial charge is 0.340 e. The van der Waals surface area contributed by atoms with Crippen LogP contribution in [0.1, 0.15) is 30.1 Å². The number of hydrogen-bond acceptors (Lipinski definition) is 3. The van der Waals surface area contributed by atoms with Gasteiger partial charge in [0.1, 0.15) is 0 Å². The van der Waals surface area contributed by atoms with E-state index in [2.05, 4.69) is 10.6 Å². The van der Waals surface area contributed by atoms with Crippen molar-refractivity contribution >= 4 is 46.6 Å². The molecule has 0 aliphatic rings. The van der Waals surface area contributed by atoms with E-state index in [0.717, 1.165) is 12.8 Å². The van der Waals surface area contributed by atoms with Crippen LogP contribution in [-0.4, -0.2) is 18.6 Å². The molecule has 0 radical (unpaired) electrons. The lowest BCUT2D eigenvalue weighted by Crippen LogP contribution is -2.21.